The number of pyridine rings is 1. The number of aromatic nitrogens is 1. The maximum absolute atomic E-state index is 13.8. The quantitative estimate of drug-likeness (QED) is 0.581. The molecule has 1 aliphatic heterocycles. The third-order valence-electron chi connectivity index (χ3n) is 4.02. The SMILES string of the molecule is O=C(c1ccc(F)cc1Cl)N1CCN(c2c(F)c(F)nc(F)c2F)CC1. The lowest BCUT2D eigenvalue weighted by atomic mass is 10.1. The summed E-state index contributed by atoms with van der Waals surface area (Å²) in [4.78, 5) is 17.4. The fraction of sp³-hybridized carbons (Fsp3) is 0.250. The predicted molar refractivity (Wildman–Crippen MR) is 83.6 cm³/mol. The van der Waals surface area contributed by atoms with E-state index in [4.69, 9.17) is 11.6 Å². The molecule has 0 N–H and O–H groups in total. The Bertz CT molecular complexity index is 845. The molecule has 4 nitrogen and oxygen atoms in total. The summed E-state index contributed by atoms with van der Waals surface area (Å²) in [6.07, 6.45) is 0. The molecule has 0 bridgehead atoms. The highest BCUT2D eigenvalue weighted by molar-refractivity contribution is 6.33. The number of hydrogen-bond acceptors (Lipinski definition) is 3. The lowest BCUT2D eigenvalue weighted by molar-refractivity contribution is 0.0746. The van der Waals surface area contributed by atoms with Gasteiger partial charge in [-0.2, -0.15) is 22.5 Å². The van der Waals surface area contributed by atoms with Crippen LogP contribution < -0.4 is 4.90 Å². The first-order valence-electron chi connectivity index (χ1n) is 7.49. The fourth-order valence-electron chi connectivity index (χ4n) is 2.72. The van der Waals surface area contributed by atoms with Crippen molar-refractivity contribution in [2.45, 2.75) is 0 Å². The molecule has 0 saturated carbocycles. The third-order valence-corrected chi connectivity index (χ3v) is 4.33. The lowest BCUT2D eigenvalue weighted by Gasteiger charge is -2.36. The predicted octanol–water partition coefficient (Wildman–Crippen LogP) is 3.39. The van der Waals surface area contributed by atoms with Crippen molar-refractivity contribution < 1.29 is 26.7 Å². The summed E-state index contributed by atoms with van der Waals surface area (Å²) in [5.41, 5.74) is -0.776. The van der Waals surface area contributed by atoms with E-state index in [9.17, 15) is 26.7 Å². The molecule has 0 aliphatic carbocycles. The molecule has 3 rings (SSSR count). The van der Waals surface area contributed by atoms with E-state index in [2.05, 4.69) is 4.98 Å². The number of rotatable bonds is 2. The lowest BCUT2D eigenvalue weighted by Crippen LogP contribution is -2.49. The minimum Gasteiger partial charge on any atom is -0.363 e. The minimum atomic E-state index is -1.74. The van der Waals surface area contributed by atoms with Crippen LogP contribution in [0, 0.1) is 29.3 Å². The van der Waals surface area contributed by atoms with Crippen molar-refractivity contribution in [1.82, 2.24) is 9.88 Å². The number of amides is 1. The Hall–Kier alpha value is -2.42. The smallest absolute Gasteiger partial charge is 0.255 e. The molecule has 0 unspecified atom stereocenters. The van der Waals surface area contributed by atoms with Gasteiger partial charge in [-0.25, -0.2) is 4.39 Å². The normalized spacial score (nSPS) is 14.7. The molecule has 1 saturated heterocycles. The summed E-state index contributed by atoms with van der Waals surface area (Å²) in [5, 5.41) is -0.0622. The average molecular weight is 392 g/mol. The highest BCUT2D eigenvalue weighted by Crippen LogP contribution is 2.28. The van der Waals surface area contributed by atoms with Gasteiger partial charge in [0.15, 0.2) is 0 Å². The summed E-state index contributed by atoms with van der Waals surface area (Å²) >= 11 is 5.86. The van der Waals surface area contributed by atoms with Crippen molar-refractivity contribution in [3.8, 4) is 0 Å². The Morgan fingerprint density at radius 1 is 0.962 bits per heavy atom. The van der Waals surface area contributed by atoms with Crippen LogP contribution in [0.25, 0.3) is 0 Å². The van der Waals surface area contributed by atoms with E-state index in [-0.39, 0.29) is 36.8 Å². The van der Waals surface area contributed by atoms with E-state index in [1.165, 1.54) is 11.0 Å². The summed E-state index contributed by atoms with van der Waals surface area (Å²) < 4.78 is 67.2. The van der Waals surface area contributed by atoms with Crippen LogP contribution in [0.1, 0.15) is 10.4 Å². The van der Waals surface area contributed by atoms with Gasteiger partial charge in [0.05, 0.1) is 10.6 Å². The zero-order valence-corrected chi connectivity index (χ0v) is 13.8. The molecule has 2 aromatic rings. The number of piperazine rings is 1. The van der Waals surface area contributed by atoms with E-state index in [0.717, 1.165) is 17.0 Å². The van der Waals surface area contributed by atoms with Crippen LogP contribution in [-0.2, 0) is 0 Å². The van der Waals surface area contributed by atoms with Crippen molar-refractivity contribution in [2.75, 3.05) is 31.1 Å². The molecule has 138 valence electrons. The summed E-state index contributed by atoms with van der Waals surface area (Å²) in [6, 6.07) is 3.32. The van der Waals surface area contributed by atoms with Gasteiger partial charge in [-0.05, 0) is 18.2 Å². The fourth-order valence-corrected chi connectivity index (χ4v) is 2.97. The van der Waals surface area contributed by atoms with Gasteiger partial charge in [-0.3, -0.25) is 4.79 Å². The van der Waals surface area contributed by atoms with Crippen LogP contribution in [0.5, 0.6) is 0 Å². The molecule has 0 radical (unpaired) electrons. The van der Waals surface area contributed by atoms with Crippen molar-refractivity contribution in [2.24, 2.45) is 0 Å². The molecule has 1 aromatic heterocycles. The Kier molecular flexibility index (Phi) is 4.99. The molecule has 1 aliphatic rings. The summed E-state index contributed by atoms with van der Waals surface area (Å²) in [7, 11) is 0. The third kappa shape index (κ3) is 3.31. The number of nitrogens with zero attached hydrogens (tertiary/aromatic N) is 3. The van der Waals surface area contributed by atoms with Crippen LogP contribution in [0.15, 0.2) is 18.2 Å². The van der Waals surface area contributed by atoms with Crippen LogP contribution in [0.2, 0.25) is 5.02 Å². The van der Waals surface area contributed by atoms with E-state index in [1.807, 2.05) is 0 Å². The molecule has 1 amide bonds. The van der Waals surface area contributed by atoms with Gasteiger partial charge in [0, 0.05) is 26.2 Å². The molecule has 26 heavy (non-hydrogen) atoms. The number of halogens is 6. The van der Waals surface area contributed by atoms with Crippen LogP contribution >= 0.6 is 11.6 Å². The monoisotopic (exact) mass is 391 g/mol. The van der Waals surface area contributed by atoms with Crippen LogP contribution in [-0.4, -0.2) is 42.0 Å². The molecule has 1 aromatic carbocycles. The average Bonchev–Trinajstić information content (AvgIpc) is 2.60. The number of hydrogen-bond donors (Lipinski definition) is 0. The van der Waals surface area contributed by atoms with E-state index < -0.39 is 40.9 Å². The summed E-state index contributed by atoms with van der Waals surface area (Å²) in [6.45, 7) is -0.0868. The first kappa shape index (κ1) is 18.4. The van der Waals surface area contributed by atoms with E-state index in [0.29, 0.717) is 0 Å². The summed E-state index contributed by atoms with van der Waals surface area (Å²) in [5.74, 6) is -7.74. The molecular weight excluding hydrogens is 381 g/mol. The number of carbonyl (C=O) groups is 1. The Labute approximate surface area is 149 Å². The zero-order chi connectivity index (χ0) is 19.0. The maximum atomic E-state index is 13.8. The Morgan fingerprint density at radius 3 is 2.08 bits per heavy atom. The second-order valence-electron chi connectivity index (χ2n) is 5.57. The Morgan fingerprint density at radius 2 is 1.54 bits per heavy atom. The topological polar surface area (TPSA) is 36.4 Å². The van der Waals surface area contributed by atoms with Crippen molar-refractivity contribution in [1.29, 1.82) is 0 Å². The minimum absolute atomic E-state index is 0.0248. The van der Waals surface area contributed by atoms with Crippen LogP contribution in [0.4, 0.5) is 27.6 Å². The number of anilines is 1. The van der Waals surface area contributed by atoms with E-state index in [1.54, 1.807) is 0 Å². The second-order valence-corrected chi connectivity index (χ2v) is 5.98. The molecule has 0 atom stereocenters. The van der Waals surface area contributed by atoms with Gasteiger partial charge in [-0.1, -0.05) is 11.6 Å². The van der Waals surface area contributed by atoms with Crippen molar-refractivity contribution in [3.05, 3.63) is 58.1 Å². The standard InChI is InChI=1S/C16H11ClF5N3O/c17-10-7-8(18)1-2-9(10)16(26)25-5-3-24(4-6-25)13-11(19)14(21)23-15(22)12(13)20/h1-2,7H,3-6H2. The van der Waals surface area contributed by atoms with E-state index >= 15 is 0 Å². The largest absolute Gasteiger partial charge is 0.363 e. The van der Waals surface area contributed by atoms with Gasteiger partial charge in [0.25, 0.3) is 17.8 Å². The second kappa shape index (κ2) is 7.06. The van der Waals surface area contributed by atoms with Gasteiger partial charge >= 0.3 is 0 Å². The number of benzene rings is 1. The highest BCUT2D eigenvalue weighted by atomic mass is 35.5. The maximum Gasteiger partial charge on any atom is 0.255 e. The van der Waals surface area contributed by atoms with Gasteiger partial charge in [-0.15, -0.1) is 0 Å². The Balaban J connectivity index is 1.77. The zero-order valence-electron chi connectivity index (χ0n) is 13.1. The molecule has 1 fully saturated rings. The molecule has 2 heterocycles. The first-order valence-corrected chi connectivity index (χ1v) is 7.86. The molecule has 10 heteroatoms. The van der Waals surface area contributed by atoms with Crippen LogP contribution in [0.3, 0.4) is 0 Å². The van der Waals surface area contributed by atoms with Crippen molar-refractivity contribution >= 4 is 23.2 Å². The number of carbonyl (C=O) groups excluding carboxylic acids is 1. The van der Waals surface area contributed by atoms with Gasteiger partial charge < -0.3 is 9.80 Å². The highest BCUT2D eigenvalue weighted by Gasteiger charge is 2.30. The first-order chi connectivity index (χ1) is 12.3. The molecular formula is C16H11ClF5N3O. The van der Waals surface area contributed by atoms with Gasteiger partial charge in [0.1, 0.15) is 11.5 Å². The van der Waals surface area contributed by atoms with Crippen molar-refractivity contribution in [3.63, 3.8) is 0 Å². The molecule has 0 spiro atoms. The van der Waals surface area contributed by atoms with Gasteiger partial charge in [0.2, 0.25) is 11.6 Å².